The van der Waals surface area contributed by atoms with Gasteiger partial charge in [0.1, 0.15) is 5.54 Å². The van der Waals surface area contributed by atoms with Crippen LogP contribution in [-0.4, -0.2) is 42.6 Å². The van der Waals surface area contributed by atoms with E-state index in [1.165, 1.54) is 64.2 Å². The summed E-state index contributed by atoms with van der Waals surface area (Å²) in [6.07, 6.45) is 16.9. The lowest BCUT2D eigenvalue weighted by molar-refractivity contribution is -0.132. The molecule has 1 atom stereocenters. The first-order valence-corrected chi connectivity index (χ1v) is 11.3. The first kappa shape index (κ1) is 20.6. The highest BCUT2D eigenvalue weighted by Gasteiger charge is 2.48. The molecule has 0 bridgehead atoms. The average molecular weight is 378 g/mol. The van der Waals surface area contributed by atoms with E-state index in [0.717, 1.165) is 31.6 Å². The molecule has 3 aliphatic rings. The number of rotatable bonds is 9. The lowest BCUT2D eigenvalue weighted by Gasteiger charge is -2.33. The summed E-state index contributed by atoms with van der Waals surface area (Å²) in [6.45, 7) is 1.27. The van der Waals surface area contributed by atoms with E-state index in [9.17, 15) is 4.79 Å². The number of aliphatic imine (C=N–C) groups is 1. The van der Waals surface area contributed by atoms with Gasteiger partial charge in [-0.3, -0.25) is 9.69 Å². The van der Waals surface area contributed by atoms with Gasteiger partial charge in [-0.15, -0.1) is 0 Å². The van der Waals surface area contributed by atoms with Crippen molar-refractivity contribution in [2.24, 2.45) is 22.6 Å². The van der Waals surface area contributed by atoms with E-state index in [-0.39, 0.29) is 5.91 Å². The molecule has 0 aromatic rings. The van der Waals surface area contributed by atoms with E-state index >= 15 is 0 Å². The number of ether oxygens (including phenoxy) is 1. The minimum absolute atomic E-state index is 0.164. The molecule has 2 aliphatic carbocycles. The predicted octanol–water partition coefficient (Wildman–Crippen LogP) is 4.25. The van der Waals surface area contributed by atoms with Crippen molar-refractivity contribution in [2.75, 3.05) is 20.3 Å². The van der Waals surface area contributed by atoms with E-state index in [0.29, 0.717) is 25.0 Å². The fourth-order valence-corrected chi connectivity index (χ4v) is 5.45. The van der Waals surface area contributed by atoms with Gasteiger partial charge < -0.3 is 10.5 Å². The molecule has 2 fully saturated rings. The van der Waals surface area contributed by atoms with E-state index in [2.05, 4.69) is 0 Å². The molecular formula is C22H39N3O2. The zero-order valence-electron chi connectivity index (χ0n) is 17.3. The Labute approximate surface area is 165 Å². The van der Waals surface area contributed by atoms with Gasteiger partial charge in [-0.2, -0.15) is 0 Å². The Balaban J connectivity index is 1.69. The van der Waals surface area contributed by atoms with Crippen LogP contribution >= 0.6 is 0 Å². The number of nitrogens with two attached hydrogens (primary N) is 1. The summed E-state index contributed by atoms with van der Waals surface area (Å²) < 4.78 is 5.15. The van der Waals surface area contributed by atoms with Gasteiger partial charge in [-0.05, 0) is 37.5 Å². The molecule has 5 heteroatoms. The SMILES string of the molecule is COCCCN1C(=O)C(CCC2CCCCC2)(CC2CCCCC2)N=C1N. The standard InChI is InChI=1S/C22H39N3O2/c1-27-16-8-15-25-20(26)22(24-21(25)23,17-19-11-6-3-7-12-19)14-13-18-9-4-2-5-10-18/h18-19H,2-17H2,1H3,(H2,23,24). The van der Waals surface area contributed by atoms with Crippen LogP contribution in [0.5, 0.6) is 0 Å². The van der Waals surface area contributed by atoms with Crippen molar-refractivity contribution in [1.29, 1.82) is 0 Å². The molecule has 0 saturated heterocycles. The molecule has 2 N–H and O–H groups in total. The Morgan fingerprint density at radius 1 is 1.07 bits per heavy atom. The third kappa shape index (κ3) is 5.24. The van der Waals surface area contributed by atoms with Gasteiger partial charge in [0.25, 0.3) is 5.91 Å². The Morgan fingerprint density at radius 2 is 1.70 bits per heavy atom. The number of hydrogen-bond acceptors (Lipinski definition) is 4. The zero-order valence-corrected chi connectivity index (χ0v) is 17.3. The van der Waals surface area contributed by atoms with E-state index in [4.69, 9.17) is 15.5 Å². The number of carbonyl (C=O) groups is 1. The second kappa shape index (κ2) is 9.90. The average Bonchev–Trinajstić information content (AvgIpc) is 2.92. The van der Waals surface area contributed by atoms with Gasteiger partial charge in [0, 0.05) is 20.3 Å². The van der Waals surface area contributed by atoms with Crippen LogP contribution in [0, 0.1) is 11.8 Å². The first-order valence-electron chi connectivity index (χ1n) is 11.3. The Bertz CT molecular complexity index is 510. The van der Waals surface area contributed by atoms with Crippen molar-refractivity contribution in [2.45, 2.75) is 95.4 Å². The quantitative estimate of drug-likeness (QED) is 0.611. The third-order valence-electron chi connectivity index (χ3n) is 7.02. The molecule has 5 nitrogen and oxygen atoms in total. The van der Waals surface area contributed by atoms with Crippen molar-refractivity contribution in [3.63, 3.8) is 0 Å². The maximum atomic E-state index is 13.5. The maximum absolute atomic E-state index is 13.5. The molecule has 0 radical (unpaired) electrons. The van der Waals surface area contributed by atoms with Crippen LogP contribution in [0.15, 0.2) is 4.99 Å². The number of nitrogens with zero attached hydrogens (tertiary/aromatic N) is 2. The normalized spacial score (nSPS) is 28.0. The van der Waals surface area contributed by atoms with Crippen molar-refractivity contribution >= 4 is 11.9 Å². The summed E-state index contributed by atoms with van der Waals surface area (Å²) >= 11 is 0. The van der Waals surface area contributed by atoms with Crippen LogP contribution in [0.4, 0.5) is 0 Å². The Hall–Kier alpha value is -1.10. The van der Waals surface area contributed by atoms with Gasteiger partial charge >= 0.3 is 0 Å². The van der Waals surface area contributed by atoms with Crippen molar-refractivity contribution in [3.8, 4) is 0 Å². The summed E-state index contributed by atoms with van der Waals surface area (Å²) in [7, 11) is 1.70. The fourth-order valence-electron chi connectivity index (χ4n) is 5.45. The van der Waals surface area contributed by atoms with E-state index in [1.807, 2.05) is 0 Å². The van der Waals surface area contributed by atoms with Crippen molar-refractivity contribution in [3.05, 3.63) is 0 Å². The highest BCUT2D eigenvalue weighted by Crippen LogP contribution is 2.40. The molecule has 0 aromatic heterocycles. The second-order valence-corrected chi connectivity index (χ2v) is 9.06. The smallest absolute Gasteiger partial charge is 0.257 e. The third-order valence-corrected chi connectivity index (χ3v) is 7.02. The minimum atomic E-state index is -0.587. The molecule has 1 heterocycles. The molecular weight excluding hydrogens is 338 g/mol. The van der Waals surface area contributed by atoms with E-state index in [1.54, 1.807) is 12.0 Å². The van der Waals surface area contributed by atoms with Crippen LogP contribution < -0.4 is 5.73 Å². The summed E-state index contributed by atoms with van der Waals surface area (Å²) in [5.41, 5.74) is 5.67. The number of guanidine groups is 1. The van der Waals surface area contributed by atoms with Crippen LogP contribution in [-0.2, 0) is 9.53 Å². The van der Waals surface area contributed by atoms with Gasteiger partial charge in [-0.1, -0.05) is 64.2 Å². The molecule has 1 aliphatic heterocycles. The van der Waals surface area contributed by atoms with Crippen LogP contribution in [0.1, 0.15) is 89.9 Å². The highest BCUT2D eigenvalue weighted by atomic mass is 16.5. The van der Waals surface area contributed by atoms with Gasteiger partial charge in [0.15, 0.2) is 5.96 Å². The highest BCUT2D eigenvalue weighted by molar-refractivity contribution is 6.06. The van der Waals surface area contributed by atoms with Crippen molar-refractivity contribution < 1.29 is 9.53 Å². The summed E-state index contributed by atoms with van der Waals surface area (Å²) in [4.78, 5) is 20.1. The van der Waals surface area contributed by atoms with Crippen LogP contribution in [0.2, 0.25) is 0 Å². The maximum Gasteiger partial charge on any atom is 0.257 e. The number of amides is 1. The molecule has 2 saturated carbocycles. The molecule has 27 heavy (non-hydrogen) atoms. The van der Waals surface area contributed by atoms with Gasteiger partial charge in [0.05, 0.1) is 0 Å². The number of carbonyl (C=O) groups excluding carboxylic acids is 1. The monoisotopic (exact) mass is 377 g/mol. The summed E-state index contributed by atoms with van der Waals surface area (Å²) in [5, 5.41) is 0. The summed E-state index contributed by atoms with van der Waals surface area (Å²) in [5.74, 6) is 2.01. The predicted molar refractivity (Wildman–Crippen MR) is 110 cm³/mol. The van der Waals surface area contributed by atoms with Crippen molar-refractivity contribution in [1.82, 2.24) is 4.90 Å². The molecule has 1 unspecified atom stereocenters. The van der Waals surface area contributed by atoms with Gasteiger partial charge in [-0.25, -0.2) is 4.99 Å². The lowest BCUT2D eigenvalue weighted by atomic mass is 9.75. The molecule has 1 amide bonds. The van der Waals surface area contributed by atoms with Crippen LogP contribution in [0.3, 0.4) is 0 Å². The number of methoxy groups -OCH3 is 1. The first-order chi connectivity index (χ1) is 13.1. The largest absolute Gasteiger partial charge is 0.385 e. The molecule has 0 aromatic carbocycles. The van der Waals surface area contributed by atoms with E-state index < -0.39 is 5.54 Å². The Kier molecular flexibility index (Phi) is 7.57. The topological polar surface area (TPSA) is 67.9 Å². The zero-order chi connectivity index (χ0) is 19.1. The minimum Gasteiger partial charge on any atom is -0.385 e. The van der Waals surface area contributed by atoms with Crippen LogP contribution in [0.25, 0.3) is 0 Å². The summed E-state index contributed by atoms with van der Waals surface area (Å²) in [6, 6.07) is 0. The second-order valence-electron chi connectivity index (χ2n) is 9.06. The molecule has 3 rings (SSSR count). The Morgan fingerprint density at radius 3 is 2.33 bits per heavy atom. The number of hydrogen-bond donors (Lipinski definition) is 1. The molecule has 154 valence electrons. The lowest BCUT2D eigenvalue weighted by Crippen LogP contribution is -2.46. The van der Waals surface area contributed by atoms with Gasteiger partial charge in [0.2, 0.25) is 0 Å². The molecule has 0 spiro atoms. The fraction of sp³-hybridized carbons (Fsp3) is 0.909.